The Hall–Kier alpha value is -2.44. The summed E-state index contributed by atoms with van der Waals surface area (Å²) in [6, 6.07) is 10.1. The summed E-state index contributed by atoms with van der Waals surface area (Å²) in [7, 11) is 3.02. The zero-order chi connectivity index (χ0) is 20.3. The van der Waals surface area contributed by atoms with Crippen LogP contribution in [0.25, 0.3) is 0 Å². The van der Waals surface area contributed by atoms with Gasteiger partial charge < -0.3 is 19.3 Å². The van der Waals surface area contributed by atoms with Crippen LogP contribution in [0.1, 0.15) is 20.7 Å². The molecule has 2 amide bonds. The molecule has 2 aromatic rings. The Balaban J connectivity index is 1.69. The Kier molecular flexibility index (Phi) is 6.31. The molecule has 1 aliphatic rings. The van der Waals surface area contributed by atoms with Crippen molar-refractivity contribution in [1.29, 1.82) is 0 Å². The number of carbonyl (C=O) groups is 2. The molecule has 0 spiro atoms. The van der Waals surface area contributed by atoms with Gasteiger partial charge in [0.25, 0.3) is 11.8 Å². The molecule has 1 heterocycles. The predicted molar refractivity (Wildman–Crippen MR) is 108 cm³/mol. The quantitative estimate of drug-likeness (QED) is 0.754. The lowest BCUT2D eigenvalue weighted by Gasteiger charge is -2.35. The average Bonchev–Trinajstić information content (AvgIpc) is 2.74. The lowest BCUT2D eigenvalue weighted by molar-refractivity contribution is 0.0533. The molecule has 1 saturated heterocycles. The Morgan fingerprint density at radius 3 is 1.86 bits per heavy atom. The molecule has 28 heavy (non-hydrogen) atoms. The SMILES string of the molecule is COc1ccc(C(=O)N2CCN(C(=O)c3c(Cl)ccc(Cl)c3OC)CC2)cc1. The van der Waals surface area contributed by atoms with Crippen molar-refractivity contribution in [2.24, 2.45) is 0 Å². The Morgan fingerprint density at radius 1 is 0.786 bits per heavy atom. The number of benzene rings is 2. The molecule has 3 rings (SSSR count). The molecule has 2 aromatic carbocycles. The van der Waals surface area contributed by atoms with E-state index in [1.165, 1.54) is 7.11 Å². The number of rotatable bonds is 4. The van der Waals surface area contributed by atoms with Crippen LogP contribution in [0, 0.1) is 0 Å². The molecule has 1 fully saturated rings. The van der Waals surface area contributed by atoms with Gasteiger partial charge in [0, 0.05) is 31.7 Å². The molecule has 1 aliphatic heterocycles. The van der Waals surface area contributed by atoms with E-state index in [4.69, 9.17) is 32.7 Å². The molecule has 0 aliphatic carbocycles. The fourth-order valence-electron chi connectivity index (χ4n) is 3.12. The van der Waals surface area contributed by atoms with Gasteiger partial charge in [0.15, 0.2) is 5.75 Å². The van der Waals surface area contributed by atoms with Crippen LogP contribution in [0.4, 0.5) is 0 Å². The molecular formula is C20H20Cl2N2O4. The maximum Gasteiger partial charge on any atom is 0.259 e. The third-order valence-corrected chi connectivity index (χ3v) is 5.28. The first-order valence-corrected chi connectivity index (χ1v) is 9.46. The van der Waals surface area contributed by atoms with Gasteiger partial charge in [-0.1, -0.05) is 23.2 Å². The summed E-state index contributed by atoms with van der Waals surface area (Å²) in [5.74, 6) is 0.615. The van der Waals surface area contributed by atoms with Crippen LogP contribution < -0.4 is 9.47 Å². The molecule has 0 atom stereocenters. The summed E-state index contributed by atoms with van der Waals surface area (Å²) in [5, 5.41) is 0.603. The standard InChI is InChI=1S/C20H20Cl2N2O4/c1-27-14-5-3-13(4-6-14)19(25)23-9-11-24(12-10-23)20(26)17-15(21)7-8-16(22)18(17)28-2/h3-8H,9-12H2,1-2H3. The molecule has 148 valence electrons. The summed E-state index contributed by atoms with van der Waals surface area (Å²) >= 11 is 12.3. The summed E-state index contributed by atoms with van der Waals surface area (Å²) in [6.45, 7) is 1.65. The second kappa shape index (κ2) is 8.71. The Labute approximate surface area is 173 Å². The second-order valence-electron chi connectivity index (χ2n) is 6.25. The van der Waals surface area contributed by atoms with Gasteiger partial charge in [-0.2, -0.15) is 0 Å². The van der Waals surface area contributed by atoms with Gasteiger partial charge in [0.2, 0.25) is 0 Å². The number of halogens is 2. The monoisotopic (exact) mass is 422 g/mol. The van der Waals surface area contributed by atoms with Crippen molar-refractivity contribution in [2.75, 3.05) is 40.4 Å². The third-order valence-electron chi connectivity index (χ3n) is 4.67. The van der Waals surface area contributed by atoms with Crippen LogP contribution in [-0.2, 0) is 0 Å². The minimum atomic E-state index is -0.263. The highest BCUT2D eigenvalue weighted by molar-refractivity contribution is 6.37. The summed E-state index contributed by atoms with van der Waals surface area (Å²) < 4.78 is 10.4. The van der Waals surface area contributed by atoms with Crippen molar-refractivity contribution in [3.63, 3.8) is 0 Å². The first-order chi connectivity index (χ1) is 13.5. The highest BCUT2D eigenvalue weighted by Crippen LogP contribution is 2.34. The van der Waals surface area contributed by atoms with Crippen molar-refractivity contribution in [3.8, 4) is 11.5 Å². The van der Waals surface area contributed by atoms with E-state index in [9.17, 15) is 9.59 Å². The molecule has 0 bridgehead atoms. The van der Waals surface area contributed by atoms with E-state index >= 15 is 0 Å². The normalized spacial score (nSPS) is 14.0. The van der Waals surface area contributed by atoms with Crippen LogP contribution in [-0.4, -0.2) is 62.0 Å². The molecule has 0 unspecified atom stereocenters. The smallest absolute Gasteiger partial charge is 0.259 e. The number of ether oxygens (including phenoxy) is 2. The van der Waals surface area contributed by atoms with Crippen molar-refractivity contribution in [2.45, 2.75) is 0 Å². The van der Waals surface area contributed by atoms with Gasteiger partial charge in [0.1, 0.15) is 11.3 Å². The largest absolute Gasteiger partial charge is 0.497 e. The van der Waals surface area contributed by atoms with E-state index in [1.54, 1.807) is 53.3 Å². The topological polar surface area (TPSA) is 59.1 Å². The van der Waals surface area contributed by atoms with Crippen LogP contribution >= 0.6 is 23.2 Å². The van der Waals surface area contributed by atoms with Gasteiger partial charge in [-0.3, -0.25) is 9.59 Å². The number of amides is 2. The van der Waals surface area contributed by atoms with Gasteiger partial charge in [-0.25, -0.2) is 0 Å². The minimum Gasteiger partial charge on any atom is -0.497 e. The van der Waals surface area contributed by atoms with Crippen LogP contribution in [0.3, 0.4) is 0 Å². The van der Waals surface area contributed by atoms with Gasteiger partial charge in [0.05, 0.1) is 24.3 Å². The van der Waals surface area contributed by atoms with Crippen LogP contribution in [0.5, 0.6) is 11.5 Å². The van der Waals surface area contributed by atoms with Crippen LogP contribution in [0.2, 0.25) is 10.0 Å². The molecular weight excluding hydrogens is 403 g/mol. The highest BCUT2D eigenvalue weighted by atomic mass is 35.5. The zero-order valence-electron chi connectivity index (χ0n) is 15.6. The first kappa shape index (κ1) is 20.3. The van der Waals surface area contributed by atoms with Gasteiger partial charge in [-0.05, 0) is 36.4 Å². The van der Waals surface area contributed by atoms with Crippen molar-refractivity contribution in [3.05, 3.63) is 57.6 Å². The second-order valence-corrected chi connectivity index (χ2v) is 7.06. The third kappa shape index (κ3) is 4.03. The fraction of sp³-hybridized carbons (Fsp3) is 0.300. The van der Waals surface area contributed by atoms with Crippen molar-refractivity contribution < 1.29 is 19.1 Å². The van der Waals surface area contributed by atoms with E-state index in [1.807, 2.05) is 0 Å². The molecule has 0 radical (unpaired) electrons. The van der Waals surface area contributed by atoms with Crippen LogP contribution in [0.15, 0.2) is 36.4 Å². The number of methoxy groups -OCH3 is 2. The van der Waals surface area contributed by atoms with Gasteiger partial charge in [-0.15, -0.1) is 0 Å². The Bertz CT molecular complexity index is 879. The van der Waals surface area contributed by atoms with Crippen molar-refractivity contribution in [1.82, 2.24) is 9.80 Å². The average molecular weight is 423 g/mol. The number of hydrogen-bond donors (Lipinski definition) is 0. The van der Waals surface area contributed by atoms with E-state index in [2.05, 4.69) is 0 Å². The Morgan fingerprint density at radius 2 is 1.32 bits per heavy atom. The number of carbonyl (C=O) groups excluding carboxylic acids is 2. The molecule has 0 saturated carbocycles. The number of nitrogens with zero attached hydrogens (tertiary/aromatic N) is 2. The lowest BCUT2D eigenvalue weighted by atomic mass is 10.1. The fourth-order valence-corrected chi connectivity index (χ4v) is 3.58. The first-order valence-electron chi connectivity index (χ1n) is 8.71. The number of piperazine rings is 1. The lowest BCUT2D eigenvalue weighted by Crippen LogP contribution is -2.50. The molecule has 6 nitrogen and oxygen atoms in total. The van der Waals surface area contributed by atoms with E-state index in [-0.39, 0.29) is 28.1 Å². The zero-order valence-corrected chi connectivity index (χ0v) is 17.1. The maximum atomic E-state index is 13.0. The molecule has 0 N–H and O–H groups in total. The molecule has 8 heteroatoms. The maximum absolute atomic E-state index is 13.0. The highest BCUT2D eigenvalue weighted by Gasteiger charge is 2.29. The number of hydrogen-bond acceptors (Lipinski definition) is 4. The van der Waals surface area contributed by atoms with E-state index in [0.29, 0.717) is 42.5 Å². The summed E-state index contributed by atoms with van der Waals surface area (Å²) in [5.41, 5.74) is 0.826. The molecule has 0 aromatic heterocycles. The van der Waals surface area contributed by atoms with Crippen molar-refractivity contribution >= 4 is 35.0 Å². The van der Waals surface area contributed by atoms with E-state index in [0.717, 1.165) is 0 Å². The van der Waals surface area contributed by atoms with Gasteiger partial charge >= 0.3 is 0 Å². The summed E-state index contributed by atoms with van der Waals surface area (Å²) in [4.78, 5) is 29.0. The predicted octanol–water partition coefficient (Wildman–Crippen LogP) is 3.61. The minimum absolute atomic E-state index is 0.0758. The van der Waals surface area contributed by atoms with E-state index < -0.39 is 0 Å². The summed E-state index contributed by atoms with van der Waals surface area (Å²) in [6.07, 6.45) is 0.